The van der Waals surface area contributed by atoms with E-state index < -0.39 is 22.7 Å². The molecular weight excluding hydrogens is 442 g/mol. The summed E-state index contributed by atoms with van der Waals surface area (Å²) in [6.07, 6.45) is 3.14. The molecule has 1 unspecified atom stereocenters. The quantitative estimate of drug-likeness (QED) is 0.287. The van der Waals surface area contributed by atoms with Gasteiger partial charge < -0.3 is 5.32 Å². The highest BCUT2D eigenvalue weighted by molar-refractivity contribution is 7.69. The molecule has 0 radical (unpaired) electrons. The molecule has 176 valence electrons. The molecule has 1 fully saturated rings. The van der Waals surface area contributed by atoms with Crippen LogP contribution in [0, 0.1) is 17.4 Å². The molecule has 0 aromatic heterocycles. The maximum absolute atomic E-state index is 12.0. The van der Waals surface area contributed by atoms with Crippen molar-refractivity contribution in [2.75, 3.05) is 32.7 Å². The number of benzene rings is 2. The molecule has 2 N–H and O–H groups in total. The largest absolute Gasteiger partial charge is 0.346 e. The van der Waals surface area contributed by atoms with E-state index in [1.54, 1.807) is 0 Å². The number of piperidine rings is 1. The summed E-state index contributed by atoms with van der Waals surface area (Å²) in [6.45, 7) is 3.45. The zero-order chi connectivity index (χ0) is 23.8. The fourth-order valence-electron chi connectivity index (χ4n) is 4.33. The minimum Gasteiger partial charge on any atom is -0.346 e. The molecule has 0 bridgehead atoms. The number of thiol groups is 1. The SMILES string of the molecule is CC(c1cccc2ccccc12)N1CCC(CN(CC(=O)NCC(=O)NC#N)[SH](=O)=O)CC1. The average Bonchev–Trinajstić information content (AvgIpc) is 2.82. The summed E-state index contributed by atoms with van der Waals surface area (Å²) < 4.78 is 24.5. The van der Waals surface area contributed by atoms with Crippen LogP contribution < -0.4 is 10.6 Å². The number of hydrogen-bond donors (Lipinski definition) is 3. The topological polar surface area (TPSA) is 123 Å². The molecule has 2 amide bonds. The maximum atomic E-state index is 12.0. The molecule has 1 aliphatic heterocycles. The van der Waals surface area contributed by atoms with Gasteiger partial charge in [0.2, 0.25) is 16.8 Å². The van der Waals surface area contributed by atoms with Crippen molar-refractivity contribution < 1.29 is 18.0 Å². The Balaban J connectivity index is 1.53. The van der Waals surface area contributed by atoms with E-state index in [0.29, 0.717) is 0 Å². The van der Waals surface area contributed by atoms with Crippen LogP contribution in [0.2, 0.25) is 0 Å². The molecule has 0 aliphatic carbocycles. The molecule has 10 heteroatoms. The van der Waals surface area contributed by atoms with Gasteiger partial charge in [-0.25, -0.2) is 8.42 Å². The molecule has 3 rings (SSSR count). The molecule has 2 aromatic carbocycles. The summed E-state index contributed by atoms with van der Waals surface area (Å²) in [4.78, 5) is 25.7. The first-order valence-electron chi connectivity index (χ1n) is 10.9. The number of carbonyl (C=O) groups is 2. The summed E-state index contributed by atoms with van der Waals surface area (Å²) in [6, 6.07) is 15.0. The van der Waals surface area contributed by atoms with Crippen LogP contribution in [0.4, 0.5) is 0 Å². The summed E-state index contributed by atoms with van der Waals surface area (Å²) in [5.41, 5.74) is 1.29. The van der Waals surface area contributed by atoms with E-state index >= 15 is 0 Å². The maximum Gasteiger partial charge on any atom is 0.252 e. The van der Waals surface area contributed by atoms with Gasteiger partial charge in [-0.05, 0) is 55.1 Å². The number of hydrogen-bond acceptors (Lipinski definition) is 6. The van der Waals surface area contributed by atoms with Crippen molar-refractivity contribution in [2.45, 2.75) is 25.8 Å². The molecule has 2 aromatic rings. The van der Waals surface area contributed by atoms with Crippen molar-refractivity contribution in [3.05, 3.63) is 48.0 Å². The predicted octanol–water partition coefficient (Wildman–Crippen LogP) is 1.15. The van der Waals surface area contributed by atoms with Gasteiger partial charge in [0, 0.05) is 12.6 Å². The second kappa shape index (κ2) is 11.7. The lowest BCUT2D eigenvalue weighted by molar-refractivity contribution is -0.125. The number of likely N-dealkylation sites (tertiary alicyclic amines) is 1. The van der Waals surface area contributed by atoms with Gasteiger partial charge in [-0.3, -0.25) is 19.8 Å². The second-order valence-corrected chi connectivity index (χ2v) is 9.29. The van der Waals surface area contributed by atoms with Crippen LogP contribution in [0.1, 0.15) is 31.4 Å². The fraction of sp³-hybridized carbons (Fsp3) is 0.435. The summed E-state index contributed by atoms with van der Waals surface area (Å²) >= 11 is 0. The van der Waals surface area contributed by atoms with Gasteiger partial charge in [0.25, 0.3) is 5.91 Å². The van der Waals surface area contributed by atoms with Crippen molar-refractivity contribution in [1.29, 1.82) is 5.26 Å². The highest BCUT2D eigenvalue weighted by atomic mass is 32.2. The van der Waals surface area contributed by atoms with Crippen molar-refractivity contribution in [3.8, 4) is 6.19 Å². The molecule has 1 heterocycles. The third-order valence-corrected chi connectivity index (χ3v) is 6.90. The number of rotatable bonds is 9. The third-order valence-electron chi connectivity index (χ3n) is 6.14. The number of amides is 2. The van der Waals surface area contributed by atoms with Gasteiger partial charge >= 0.3 is 0 Å². The lowest BCUT2D eigenvalue weighted by atomic mass is 9.93. The first kappa shape index (κ1) is 24.6. The molecule has 0 saturated carbocycles. The number of fused-ring (bicyclic) bond motifs is 1. The predicted molar refractivity (Wildman–Crippen MR) is 125 cm³/mol. The zero-order valence-corrected chi connectivity index (χ0v) is 19.5. The van der Waals surface area contributed by atoms with Crippen LogP contribution in [0.15, 0.2) is 42.5 Å². The van der Waals surface area contributed by atoms with E-state index in [4.69, 9.17) is 5.26 Å². The Labute approximate surface area is 195 Å². The van der Waals surface area contributed by atoms with Gasteiger partial charge in [0.1, 0.15) is 0 Å². The van der Waals surface area contributed by atoms with Gasteiger partial charge in [-0.1, -0.05) is 42.5 Å². The van der Waals surface area contributed by atoms with E-state index in [2.05, 4.69) is 53.5 Å². The lowest BCUT2D eigenvalue weighted by Gasteiger charge is -2.37. The Hall–Kier alpha value is -3.00. The molecule has 33 heavy (non-hydrogen) atoms. The van der Waals surface area contributed by atoms with E-state index in [1.165, 1.54) is 22.5 Å². The Morgan fingerprint density at radius 1 is 1.15 bits per heavy atom. The lowest BCUT2D eigenvalue weighted by Crippen LogP contribution is -2.44. The Morgan fingerprint density at radius 3 is 2.55 bits per heavy atom. The second-order valence-electron chi connectivity index (χ2n) is 8.25. The Bertz CT molecular complexity index is 1090. The van der Waals surface area contributed by atoms with Crippen molar-refractivity contribution in [2.24, 2.45) is 5.92 Å². The molecular formula is C23H29N5O4S. The van der Waals surface area contributed by atoms with Crippen LogP contribution in [0.3, 0.4) is 0 Å². The van der Waals surface area contributed by atoms with Crippen molar-refractivity contribution >= 4 is 33.5 Å². The standard InChI is InChI=1S/C23H29N5O4S/c1-17(20-8-4-6-19-5-2-3-7-21(19)20)27-11-9-18(10-12-27)14-28(33(31)32)15-23(30)25-13-22(29)26-16-24/h2-8,17-18,33H,9-15H2,1H3,(H,25,30)(H,26,29). The van der Waals surface area contributed by atoms with Crippen LogP contribution in [0.5, 0.6) is 0 Å². The van der Waals surface area contributed by atoms with Crippen molar-refractivity contribution in [3.63, 3.8) is 0 Å². The van der Waals surface area contributed by atoms with E-state index in [-0.39, 0.29) is 31.6 Å². The molecule has 1 atom stereocenters. The molecule has 1 saturated heterocycles. The van der Waals surface area contributed by atoms with Gasteiger partial charge in [-0.2, -0.15) is 9.57 Å². The Morgan fingerprint density at radius 2 is 1.85 bits per heavy atom. The summed E-state index contributed by atoms with van der Waals surface area (Å²) in [7, 11) is -2.93. The number of nitrogens with one attached hydrogen (secondary N) is 2. The average molecular weight is 472 g/mol. The van der Waals surface area contributed by atoms with Crippen molar-refractivity contribution in [1.82, 2.24) is 19.8 Å². The highest BCUT2D eigenvalue weighted by Crippen LogP contribution is 2.31. The highest BCUT2D eigenvalue weighted by Gasteiger charge is 2.27. The minimum absolute atomic E-state index is 0.156. The first-order chi connectivity index (χ1) is 15.9. The molecule has 0 spiro atoms. The Kier molecular flexibility index (Phi) is 8.77. The first-order valence-corrected chi connectivity index (χ1v) is 12.1. The summed E-state index contributed by atoms with van der Waals surface area (Å²) in [5.74, 6) is -1.08. The fourth-order valence-corrected chi connectivity index (χ4v) is 4.94. The molecule has 9 nitrogen and oxygen atoms in total. The normalized spacial score (nSPS) is 15.9. The monoisotopic (exact) mass is 471 g/mol. The smallest absolute Gasteiger partial charge is 0.252 e. The van der Waals surface area contributed by atoms with Crippen LogP contribution in [-0.2, 0) is 20.5 Å². The van der Waals surface area contributed by atoms with Crippen LogP contribution in [0.25, 0.3) is 10.8 Å². The van der Waals surface area contributed by atoms with Gasteiger partial charge in [-0.15, -0.1) is 0 Å². The van der Waals surface area contributed by atoms with Gasteiger partial charge in [0.15, 0.2) is 6.19 Å². The van der Waals surface area contributed by atoms with E-state index in [1.807, 2.05) is 11.4 Å². The number of carbonyl (C=O) groups excluding carboxylic acids is 2. The number of nitriles is 1. The number of nitrogens with zero attached hydrogens (tertiary/aromatic N) is 3. The van der Waals surface area contributed by atoms with Crippen LogP contribution >= 0.6 is 0 Å². The molecule has 1 aliphatic rings. The zero-order valence-electron chi connectivity index (χ0n) is 18.6. The third kappa shape index (κ3) is 6.74. The van der Waals surface area contributed by atoms with E-state index in [0.717, 1.165) is 30.2 Å². The van der Waals surface area contributed by atoms with Crippen LogP contribution in [-0.4, -0.2) is 62.2 Å². The van der Waals surface area contributed by atoms with E-state index in [9.17, 15) is 18.0 Å². The summed E-state index contributed by atoms with van der Waals surface area (Å²) in [5, 5.41) is 15.1. The van der Waals surface area contributed by atoms with Gasteiger partial charge in [0.05, 0.1) is 13.1 Å². The minimum atomic E-state index is -2.93.